The van der Waals surface area contributed by atoms with E-state index in [1.807, 2.05) is 78.9 Å². The van der Waals surface area contributed by atoms with Gasteiger partial charge in [-0.1, -0.05) is 78.9 Å². The van der Waals surface area contributed by atoms with Gasteiger partial charge in [-0.2, -0.15) is 0 Å². The summed E-state index contributed by atoms with van der Waals surface area (Å²) in [7, 11) is 0. The first-order valence-corrected chi connectivity index (χ1v) is 12.4. The molecule has 7 rings (SSSR count). The van der Waals surface area contributed by atoms with Gasteiger partial charge in [0.05, 0.1) is 5.56 Å². The Balaban J connectivity index is 1.65. The first-order valence-electron chi connectivity index (χ1n) is 12.4. The molecule has 1 aliphatic carbocycles. The first-order chi connectivity index (χ1) is 18.9. The number of aromatic hydroxyl groups is 6. The van der Waals surface area contributed by atoms with Crippen LogP contribution in [-0.4, -0.2) is 30.6 Å². The smallest absolute Gasteiger partial charge is 0.200 e. The number of benzene rings is 6. The van der Waals surface area contributed by atoms with E-state index in [1.54, 1.807) is 0 Å². The molecule has 190 valence electrons. The molecule has 6 N–H and O–H groups in total. The fourth-order valence-electron chi connectivity index (χ4n) is 6.04. The van der Waals surface area contributed by atoms with Crippen molar-refractivity contribution in [3.63, 3.8) is 0 Å². The maximum absolute atomic E-state index is 11.8. The number of phenolic OH excluding ortho intramolecular Hbond substituents is 6. The van der Waals surface area contributed by atoms with E-state index in [4.69, 9.17) is 0 Å². The van der Waals surface area contributed by atoms with Crippen LogP contribution in [0.2, 0.25) is 0 Å². The molecule has 0 fully saturated rings. The third-order valence-electron chi connectivity index (χ3n) is 7.75. The minimum atomic E-state index is -0.682. The summed E-state index contributed by atoms with van der Waals surface area (Å²) in [6, 6.07) is 26.7. The highest BCUT2D eigenvalue weighted by Gasteiger charge is 2.35. The van der Waals surface area contributed by atoms with Gasteiger partial charge in [0, 0.05) is 28.7 Å². The van der Waals surface area contributed by atoms with Crippen LogP contribution in [0.4, 0.5) is 0 Å². The molecule has 39 heavy (non-hydrogen) atoms. The number of fused-ring (bicyclic) bond motifs is 5. The zero-order chi connectivity index (χ0) is 27.0. The summed E-state index contributed by atoms with van der Waals surface area (Å²) in [6.07, 6.45) is -0.0496. The van der Waals surface area contributed by atoms with Gasteiger partial charge in [-0.05, 0) is 44.3 Å². The SMILES string of the molecule is Oc1cc2c(c(O)c1O)Cc1c(O)c(O)c(-c3c4ccccc4c(-c4ccccc4)c4ccccc34)c(O)c1-2. The molecular formula is C33H22O6. The Morgan fingerprint density at radius 1 is 0.410 bits per heavy atom. The fourth-order valence-corrected chi connectivity index (χ4v) is 6.04. The third kappa shape index (κ3) is 3.03. The summed E-state index contributed by atoms with van der Waals surface area (Å²) in [6.45, 7) is 0. The lowest BCUT2D eigenvalue weighted by Crippen LogP contribution is -1.94. The van der Waals surface area contributed by atoms with Gasteiger partial charge >= 0.3 is 0 Å². The van der Waals surface area contributed by atoms with Gasteiger partial charge in [0.15, 0.2) is 23.0 Å². The zero-order valence-corrected chi connectivity index (χ0v) is 20.5. The van der Waals surface area contributed by atoms with Crippen LogP contribution in [0.5, 0.6) is 34.5 Å². The Morgan fingerprint density at radius 3 is 1.51 bits per heavy atom. The van der Waals surface area contributed by atoms with Crippen LogP contribution in [-0.2, 0) is 6.42 Å². The number of hydrogen-bond acceptors (Lipinski definition) is 6. The molecule has 0 aliphatic heterocycles. The molecule has 0 spiro atoms. The highest BCUT2D eigenvalue weighted by Crippen LogP contribution is 2.60. The molecule has 1 aliphatic rings. The second-order valence-electron chi connectivity index (χ2n) is 9.78. The van der Waals surface area contributed by atoms with Crippen LogP contribution in [0, 0.1) is 0 Å². The van der Waals surface area contributed by atoms with Gasteiger partial charge in [0.2, 0.25) is 5.75 Å². The summed E-state index contributed by atoms with van der Waals surface area (Å²) in [4.78, 5) is 0. The summed E-state index contributed by atoms with van der Waals surface area (Å²) >= 11 is 0. The average molecular weight is 515 g/mol. The van der Waals surface area contributed by atoms with E-state index in [1.165, 1.54) is 6.07 Å². The van der Waals surface area contributed by atoms with Crippen LogP contribution in [0.1, 0.15) is 11.1 Å². The minimum Gasteiger partial charge on any atom is -0.506 e. The van der Waals surface area contributed by atoms with Gasteiger partial charge in [-0.25, -0.2) is 0 Å². The topological polar surface area (TPSA) is 121 Å². The van der Waals surface area contributed by atoms with E-state index < -0.39 is 28.7 Å². The van der Waals surface area contributed by atoms with Gasteiger partial charge in [-0.15, -0.1) is 0 Å². The maximum atomic E-state index is 11.8. The molecule has 0 atom stereocenters. The van der Waals surface area contributed by atoms with E-state index in [9.17, 15) is 30.6 Å². The summed E-state index contributed by atoms with van der Waals surface area (Å²) < 4.78 is 0. The summed E-state index contributed by atoms with van der Waals surface area (Å²) in [5, 5.41) is 68.4. The standard InChI is InChI=1S/C33H22O6/c34-24-15-21-22(29(35)31(24)37)14-23-27(21)32(38)28(33(39)30(23)36)26-19-12-6-4-10-17(19)25(16-8-2-1-3-9-16)18-11-5-7-13-20(18)26/h1-13,15,34-39H,14H2. The van der Waals surface area contributed by atoms with Gasteiger partial charge in [0.25, 0.3) is 0 Å². The molecule has 0 radical (unpaired) electrons. The Bertz CT molecular complexity index is 1940. The molecule has 0 unspecified atom stereocenters. The van der Waals surface area contributed by atoms with Crippen LogP contribution in [0.25, 0.3) is 54.9 Å². The second-order valence-corrected chi connectivity index (χ2v) is 9.78. The van der Waals surface area contributed by atoms with Crippen molar-refractivity contribution in [2.45, 2.75) is 6.42 Å². The highest BCUT2D eigenvalue weighted by atomic mass is 16.3. The van der Waals surface area contributed by atoms with Crippen molar-refractivity contribution in [2.24, 2.45) is 0 Å². The quantitative estimate of drug-likeness (QED) is 0.0829. The van der Waals surface area contributed by atoms with Crippen LogP contribution in [0.15, 0.2) is 84.9 Å². The van der Waals surface area contributed by atoms with Crippen molar-refractivity contribution in [3.8, 4) is 67.9 Å². The predicted molar refractivity (Wildman–Crippen MR) is 151 cm³/mol. The minimum absolute atomic E-state index is 0.0400. The predicted octanol–water partition coefficient (Wildman–Crippen LogP) is 7.13. The monoisotopic (exact) mass is 514 g/mol. The van der Waals surface area contributed by atoms with E-state index in [-0.39, 0.29) is 40.0 Å². The average Bonchev–Trinajstić information content (AvgIpc) is 3.34. The lowest BCUT2D eigenvalue weighted by molar-refractivity contribution is 0.366. The van der Waals surface area contributed by atoms with Crippen molar-refractivity contribution in [3.05, 3.63) is 96.1 Å². The lowest BCUT2D eigenvalue weighted by Gasteiger charge is -2.21. The van der Waals surface area contributed by atoms with E-state index in [2.05, 4.69) is 0 Å². The van der Waals surface area contributed by atoms with Crippen molar-refractivity contribution in [2.75, 3.05) is 0 Å². The molecule has 0 amide bonds. The molecule has 0 aromatic heterocycles. The molecule has 6 heteroatoms. The Hall–Kier alpha value is -5.36. The number of rotatable bonds is 2. The lowest BCUT2D eigenvalue weighted by atomic mass is 9.84. The van der Waals surface area contributed by atoms with E-state index in [0.29, 0.717) is 5.56 Å². The highest BCUT2D eigenvalue weighted by molar-refractivity contribution is 6.23. The van der Waals surface area contributed by atoms with Crippen molar-refractivity contribution in [1.29, 1.82) is 0 Å². The normalized spacial score (nSPS) is 12.1. The van der Waals surface area contributed by atoms with Crippen molar-refractivity contribution >= 4 is 21.5 Å². The fraction of sp³-hybridized carbons (Fsp3) is 0.0303. The van der Waals surface area contributed by atoms with Gasteiger partial charge in [-0.3, -0.25) is 0 Å². The molecule has 0 bridgehead atoms. The largest absolute Gasteiger partial charge is 0.506 e. The van der Waals surface area contributed by atoms with Crippen molar-refractivity contribution in [1.82, 2.24) is 0 Å². The third-order valence-corrected chi connectivity index (χ3v) is 7.75. The van der Waals surface area contributed by atoms with E-state index >= 15 is 0 Å². The van der Waals surface area contributed by atoms with Gasteiger partial charge in [0.1, 0.15) is 5.75 Å². The Morgan fingerprint density at radius 2 is 0.923 bits per heavy atom. The van der Waals surface area contributed by atoms with E-state index in [0.717, 1.165) is 32.7 Å². The molecular weight excluding hydrogens is 492 g/mol. The molecule has 0 saturated carbocycles. The van der Waals surface area contributed by atoms with Crippen LogP contribution >= 0.6 is 0 Å². The second kappa shape index (κ2) is 8.07. The van der Waals surface area contributed by atoms with Crippen LogP contribution < -0.4 is 0 Å². The summed E-state index contributed by atoms with van der Waals surface area (Å²) in [5.41, 5.74) is 3.47. The Kier molecular flexibility index (Phi) is 4.72. The van der Waals surface area contributed by atoms with Gasteiger partial charge < -0.3 is 30.6 Å². The molecule has 6 aromatic rings. The Labute approximate surface area is 222 Å². The molecule has 6 nitrogen and oxygen atoms in total. The van der Waals surface area contributed by atoms with Crippen molar-refractivity contribution < 1.29 is 30.6 Å². The molecule has 6 aromatic carbocycles. The maximum Gasteiger partial charge on any atom is 0.200 e. The molecule has 0 saturated heterocycles. The first kappa shape index (κ1) is 22.8. The molecule has 0 heterocycles. The number of phenols is 6. The zero-order valence-electron chi connectivity index (χ0n) is 20.5. The van der Waals surface area contributed by atoms with Crippen LogP contribution in [0.3, 0.4) is 0 Å². The summed E-state index contributed by atoms with van der Waals surface area (Å²) in [5.74, 6) is -3.01. The number of hydrogen-bond donors (Lipinski definition) is 6.